The van der Waals surface area contributed by atoms with E-state index in [0.717, 1.165) is 18.5 Å². The van der Waals surface area contributed by atoms with Crippen LogP contribution in [0, 0.1) is 0 Å². The molecule has 1 aromatic rings. The van der Waals surface area contributed by atoms with Gasteiger partial charge in [0.25, 0.3) is 0 Å². The third-order valence-corrected chi connectivity index (χ3v) is 2.40. The summed E-state index contributed by atoms with van der Waals surface area (Å²) in [5, 5.41) is 9.72. The Kier molecular flexibility index (Phi) is 1.51. The molecule has 1 aliphatic rings. The molecule has 1 saturated carbocycles. The Labute approximate surface area is 72.0 Å². The molecule has 1 fully saturated rings. The second kappa shape index (κ2) is 2.33. The van der Waals surface area contributed by atoms with Crippen LogP contribution >= 0.6 is 0 Å². The Balaban J connectivity index is 2.25. The number of hydrogen-bond acceptors (Lipinski definition) is 2. The van der Waals surface area contributed by atoms with Crippen molar-refractivity contribution in [1.82, 2.24) is 9.55 Å². The van der Waals surface area contributed by atoms with Gasteiger partial charge in [0.1, 0.15) is 5.60 Å². The monoisotopic (exact) mass is 166 g/mol. The van der Waals surface area contributed by atoms with Gasteiger partial charge in [0.05, 0.1) is 12.0 Å². The van der Waals surface area contributed by atoms with E-state index in [9.17, 15) is 5.11 Å². The standard InChI is InChI=1S/C9H14N2O/c1-7(2)11-5-8(10-6-11)9(12)3-4-9/h5-7,12H,3-4H2,1-2H3. The van der Waals surface area contributed by atoms with Crippen molar-refractivity contribution in [3.8, 4) is 0 Å². The maximum atomic E-state index is 9.72. The summed E-state index contributed by atoms with van der Waals surface area (Å²) in [6.45, 7) is 4.20. The van der Waals surface area contributed by atoms with Gasteiger partial charge in [-0.15, -0.1) is 0 Å². The lowest BCUT2D eigenvalue weighted by atomic mass is 10.2. The first-order valence-electron chi connectivity index (χ1n) is 4.38. The van der Waals surface area contributed by atoms with Gasteiger partial charge in [-0.2, -0.15) is 0 Å². The molecule has 0 saturated heterocycles. The lowest BCUT2D eigenvalue weighted by Gasteiger charge is -2.05. The van der Waals surface area contributed by atoms with Crippen LogP contribution < -0.4 is 0 Å². The van der Waals surface area contributed by atoms with Gasteiger partial charge in [-0.05, 0) is 26.7 Å². The van der Waals surface area contributed by atoms with Gasteiger partial charge < -0.3 is 9.67 Å². The van der Waals surface area contributed by atoms with Gasteiger partial charge in [-0.25, -0.2) is 4.98 Å². The van der Waals surface area contributed by atoms with Crippen LogP contribution in [0.25, 0.3) is 0 Å². The first kappa shape index (κ1) is 7.80. The maximum absolute atomic E-state index is 9.72. The Morgan fingerprint density at radius 1 is 1.58 bits per heavy atom. The second-order valence-corrected chi connectivity index (χ2v) is 3.83. The first-order chi connectivity index (χ1) is 5.62. The third kappa shape index (κ3) is 1.14. The van der Waals surface area contributed by atoms with Crippen LogP contribution in [-0.4, -0.2) is 14.7 Å². The van der Waals surface area contributed by atoms with E-state index >= 15 is 0 Å². The molecule has 0 aromatic carbocycles. The maximum Gasteiger partial charge on any atom is 0.108 e. The molecule has 1 aliphatic carbocycles. The minimum atomic E-state index is -0.583. The molecule has 0 amide bonds. The zero-order chi connectivity index (χ0) is 8.77. The van der Waals surface area contributed by atoms with Gasteiger partial charge in [0.15, 0.2) is 0 Å². The number of aliphatic hydroxyl groups is 1. The van der Waals surface area contributed by atoms with E-state index < -0.39 is 5.60 Å². The van der Waals surface area contributed by atoms with Gasteiger partial charge in [-0.1, -0.05) is 0 Å². The minimum absolute atomic E-state index is 0.425. The van der Waals surface area contributed by atoms with Gasteiger partial charge in [0.2, 0.25) is 0 Å². The van der Waals surface area contributed by atoms with Gasteiger partial charge >= 0.3 is 0 Å². The predicted molar refractivity (Wildman–Crippen MR) is 45.7 cm³/mol. The van der Waals surface area contributed by atoms with Gasteiger partial charge in [0, 0.05) is 12.2 Å². The molecular formula is C9H14N2O. The highest BCUT2D eigenvalue weighted by Gasteiger charge is 2.44. The fraction of sp³-hybridized carbons (Fsp3) is 0.667. The van der Waals surface area contributed by atoms with Crippen LogP contribution in [0.4, 0.5) is 0 Å². The SMILES string of the molecule is CC(C)n1cnc(C2(O)CC2)c1. The fourth-order valence-electron chi connectivity index (χ4n) is 1.23. The summed E-state index contributed by atoms with van der Waals surface area (Å²) in [6, 6.07) is 0.425. The Morgan fingerprint density at radius 3 is 2.67 bits per heavy atom. The quantitative estimate of drug-likeness (QED) is 0.722. The van der Waals surface area contributed by atoms with Crippen molar-refractivity contribution < 1.29 is 5.11 Å². The van der Waals surface area contributed by atoms with Crippen molar-refractivity contribution in [3.05, 3.63) is 18.2 Å². The van der Waals surface area contributed by atoms with Crippen molar-refractivity contribution in [2.45, 2.75) is 38.3 Å². The molecule has 0 aliphatic heterocycles. The minimum Gasteiger partial charge on any atom is -0.383 e. The van der Waals surface area contributed by atoms with E-state index in [1.807, 2.05) is 10.8 Å². The molecular weight excluding hydrogens is 152 g/mol. The third-order valence-electron chi connectivity index (χ3n) is 2.40. The lowest BCUT2D eigenvalue weighted by molar-refractivity contribution is 0.147. The Morgan fingerprint density at radius 2 is 2.25 bits per heavy atom. The molecule has 1 heterocycles. The van der Waals surface area contributed by atoms with Crippen molar-refractivity contribution in [3.63, 3.8) is 0 Å². The summed E-state index contributed by atoms with van der Waals surface area (Å²) >= 11 is 0. The van der Waals surface area contributed by atoms with Crippen molar-refractivity contribution >= 4 is 0 Å². The normalized spacial score (nSPS) is 20.0. The molecule has 0 radical (unpaired) electrons. The molecule has 66 valence electrons. The van der Waals surface area contributed by atoms with E-state index in [2.05, 4.69) is 18.8 Å². The predicted octanol–water partition coefficient (Wildman–Crippen LogP) is 1.45. The smallest absolute Gasteiger partial charge is 0.108 e. The summed E-state index contributed by atoms with van der Waals surface area (Å²) in [5.41, 5.74) is 0.247. The van der Waals surface area contributed by atoms with Crippen LogP contribution in [0.1, 0.15) is 38.4 Å². The van der Waals surface area contributed by atoms with Crippen LogP contribution in [0.3, 0.4) is 0 Å². The van der Waals surface area contributed by atoms with Crippen LogP contribution in [-0.2, 0) is 5.60 Å². The second-order valence-electron chi connectivity index (χ2n) is 3.83. The Bertz CT molecular complexity index is 286. The highest BCUT2D eigenvalue weighted by Crippen LogP contribution is 2.44. The number of imidazole rings is 1. The topological polar surface area (TPSA) is 38.0 Å². The zero-order valence-corrected chi connectivity index (χ0v) is 7.49. The van der Waals surface area contributed by atoms with Gasteiger partial charge in [-0.3, -0.25) is 0 Å². The molecule has 12 heavy (non-hydrogen) atoms. The molecule has 3 nitrogen and oxygen atoms in total. The molecule has 0 bridgehead atoms. The number of rotatable bonds is 2. The van der Waals surface area contributed by atoms with E-state index in [-0.39, 0.29) is 0 Å². The molecule has 3 heteroatoms. The highest BCUT2D eigenvalue weighted by molar-refractivity contribution is 5.16. The van der Waals surface area contributed by atoms with E-state index in [4.69, 9.17) is 0 Å². The van der Waals surface area contributed by atoms with Crippen molar-refractivity contribution in [2.75, 3.05) is 0 Å². The zero-order valence-electron chi connectivity index (χ0n) is 7.49. The summed E-state index contributed by atoms with van der Waals surface area (Å²) in [5.74, 6) is 0. The molecule has 0 spiro atoms. The largest absolute Gasteiger partial charge is 0.383 e. The summed E-state index contributed by atoms with van der Waals surface area (Å²) in [6.07, 6.45) is 5.46. The molecule has 1 N–H and O–H groups in total. The molecule has 1 aromatic heterocycles. The molecule has 0 atom stereocenters. The van der Waals surface area contributed by atoms with Crippen molar-refractivity contribution in [2.24, 2.45) is 0 Å². The van der Waals surface area contributed by atoms with Crippen molar-refractivity contribution in [1.29, 1.82) is 0 Å². The number of nitrogens with zero attached hydrogens (tertiary/aromatic N) is 2. The fourth-order valence-corrected chi connectivity index (χ4v) is 1.23. The van der Waals surface area contributed by atoms with E-state index in [1.165, 1.54) is 0 Å². The van der Waals surface area contributed by atoms with Crippen LogP contribution in [0.5, 0.6) is 0 Å². The van der Waals surface area contributed by atoms with Crippen LogP contribution in [0.15, 0.2) is 12.5 Å². The summed E-state index contributed by atoms with van der Waals surface area (Å²) < 4.78 is 2.02. The lowest BCUT2D eigenvalue weighted by Crippen LogP contribution is -2.04. The Hall–Kier alpha value is -0.830. The number of hydrogen-bond donors (Lipinski definition) is 1. The summed E-state index contributed by atoms with van der Waals surface area (Å²) in [7, 11) is 0. The first-order valence-corrected chi connectivity index (χ1v) is 4.38. The average Bonchev–Trinajstić information content (AvgIpc) is 2.61. The molecule has 2 rings (SSSR count). The van der Waals surface area contributed by atoms with E-state index in [0.29, 0.717) is 6.04 Å². The summed E-state index contributed by atoms with van der Waals surface area (Å²) in [4.78, 5) is 4.18. The van der Waals surface area contributed by atoms with Crippen LogP contribution in [0.2, 0.25) is 0 Å². The van der Waals surface area contributed by atoms with E-state index in [1.54, 1.807) is 6.33 Å². The highest BCUT2D eigenvalue weighted by atomic mass is 16.3. The molecule has 0 unspecified atom stereocenters. The average molecular weight is 166 g/mol. The number of aromatic nitrogens is 2.